The number of nitrogens with zero attached hydrogens (tertiary/aromatic N) is 2. The fraction of sp³-hybridized carbons (Fsp3) is 0.539. The van der Waals surface area contributed by atoms with Gasteiger partial charge in [-0.2, -0.15) is 13.2 Å². The average molecular weight is 1680 g/mol. The Morgan fingerprint density at radius 1 is 0.420 bits per heavy atom. The Morgan fingerprint density at radius 3 is 1.18 bits per heavy atom. The number of aliphatic imine (C=N–C) groups is 2. The standard InChI is InChI=1S/C74H115N21O17.C2HF3O2/c1-40(2)34-53(91-68(107)54(36-44-18-10-8-11-19-44)86-58(100)39-84-57(99)38-85-62(101)48(76)35-46-25-27-47(97)28-26-46)67(106)89-51(24-17-33-83-74(80)81)63(102)87-50(23-16-32-82-73(78)79)64(103)90-52(29-30-56(77)98)65(104)92-55(37-45-20-12-9-13-21-45)69(108)88-49(22-14-15-31-75)66(105)93-59(41(3)4)70(109)94-60(42(5)6)71(110)95-61(43(7)96)72(111)112;3-2(4,5)1(6)7/h8-13,18-21,25-28,40-43,48-55,59-61,96-97H,14-17,22-24,29-39,75-76H2,1-7H3,(H2,77,98)(H,84,99)(H,85,101)(H,86,100)(H,87,102)(H,88,108)(H,89,106)(H,90,103)(H,91,107)(H,92,104)(H,93,105)(H,94,109)(H,95,110)(H,111,112)(H4,78,79,82)(H4,80,81,83);(H,6,7)/t43-,48+,49-,50+,51+,52+,53+,54+,55+,59+,60+,61+;/m1./s1. The van der Waals surface area contributed by atoms with Crippen molar-refractivity contribution in [2.75, 3.05) is 32.7 Å². The number of nitrogens with one attached hydrogen (secondary N) is 12. The lowest BCUT2D eigenvalue weighted by molar-refractivity contribution is -0.192. The van der Waals surface area contributed by atoms with E-state index in [0.29, 0.717) is 23.1 Å². The Labute approximate surface area is 686 Å². The number of carboxylic acid groups (broad SMARTS) is 2. The maximum Gasteiger partial charge on any atom is 0.490 e. The number of primary amides is 1. The van der Waals surface area contributed by atoms with Crippen LogP contribution in [0.25, 0.3) is 0 Å². The number of carbonyl (C=O) groups excluding carboxylic acids is 13. The highest BCUT2D eigenvalue weighted by atomic mass is 19.4. The SMILES string of the molecule is CC(C)C[C@H](NC(=O)[C@H](Cc1ccccc1)NC(=O)CNC(=O)CNC(=O)[C@@H](N)Cc1ccc(O)cc1)C(=O)N[C@@H](CCCN=C(N)N)C(=O)N[C@@H](CCCN=C(N)N)C(=O)N[C@@H](CCC(N)=O)C(=O)N[C@@H](Cc1ccccc1)C(=O)N[C@H](CCCCN)C(=O)N[C@H](C(=O)N[C@H](C(=O)N[C@H](C(=O)O)[C@@H](C)O)C(C)C)C(C)C.O=C(O)C(F)(F)F. The molecule has 3 rings (SSSR count). The second-order valence-electron chi connectivity index (χ2n) is 29.0. The van der Waals surface area contributed by atoms with Crippen molar-refractivity contribution in [3.8, 4) is 5.75 Å². The van der Waals surface area contributed by atoms with E-state index in [-0.39, 0.29) is 107 Å². The predicted molar refractivity (Wildman–Crippen MR) is 429 cm³/mol. The highest BCUT2D eigenvalue weighted by Gasteiger charge is 2.40. The number of carbonyl (C=O) groups is 15. The molecule has 12 atom stereocenters. The van der Waals surface area contributed by atoms with Crippen LogP contribution in [0.3, 0.4) is 0 Å². The number of amides is 13. The molecule has 0 heterocycles. The van der Waals surface area contributed by atoms with Crippen LogP contribution in [0.4, 0.5) is 13.2 Å². The minimum absolute atomic E-state index is 0.0000726. The van der Waals surface area contributed by atoms with Crippen LogP contribution in [0.5, 0.6) is 5.75 Å². The summed E-state index contributed by atoms with van der Waals surface area (Å²) in [5.74, 6) is -18.0. The summed E-state index contributed by atoms with van der Waals surface area (Å²) in [5, 5.41) is 67.2. The van der Waals surface area contributed by atoms with Crippen molar-refractivity contribution < 1.29 is 106 Å². The number of unbranched alkanes of at least 4 members (excludes halogenated alkanes) is 1. The van der Waals surface area contributed by atoms with E-state index in [2.05, 4.69) is 73.8 Å². The molecule has 3 aromatic carbocycles. The third-order valence-electron chi connectivity index (χ3n) is 17.6. The minimum Gasteiger partial charge on any atom is -0.508 e. The molecule has 0 aliphatic heterocycles. The number of hydrogen-bond donors (Lipinski definition) is 23. The second kappa shape index (κ2) is 53.1. The van der Waals surface area contributed by atoms with E-state index in [0.717, 1.165) is 6.92 Å². The molecule has 0 fully saturated rings. The predicted octanol–water partition coefficient (Wildman–Crippen LogP) is -4.21. The van der Waals surface area contributed by atoms with Crippen LogP contribution in [0.2, 0.25) is 0 Å². The number of aromatic hydroxyl groups is 1. The van der Waals surface area contributed by atoms with Gasteiger partial charge in [0.25, 0.3) is 0 Å². The zero-order chi connectivity index (χ0) is 89.8. The van der Waals surface area contributed by atoms with E-state index >= 15 is 0 Å². The first-order valence-electron chi connectivity index (χ1n) is 38.3. The van der Waals surface area contributed by atoms with E-state index in [1.54, 1.807) is 114 Å². The molecular weight excluding hydrogens is 1570 g/mol. The van der Waals surface area contributed by atoms with Gasteiger partial charge in [-0.3, -0.25) is 72.3 Å². The molecule has 43 heteroatoms. The van der Waals surface area contributed by atoms with Crippen LogP contribution in [0.15, 0.2) is 94.9 Å². The fourth-order valence-electron chi connectivity index (χ4n) is 11.3. The summed E-state index contributed by atoms with van der Waals surface area (Å²) >= 11 is 0. The van der Waals surface area contributed by atoms with Gasteiger partial charge in [0.2, 0.25) is 76.8 Å². The lowest BCUT2D eigenvalue weighted by Crippen LogP contribution is -2.62. The van der Waals surface area contributed by atoms with Gasteiger partial charge in [0.15, 0.2) is 18.0 Å². The maximum atomic E-state index is 14.9. The molecule has 0 bridgehead atoms. The van der Waals surface area contributed by atoms with E-state index in [1.807, 2.05) is 0 Å². The van der Waals surface area contributed by atoms with Crippen LogP contribution in [0, 0.1) is 17.8 Å². The largest absolute Gasteiger partial charge is 0.508 e. The number of phenols is 1. The van der Waals surface area contributed by atoms with Crippen LogP contribution in [-0.4, -0.2) is 233 Å². The van der Waals surface area contributed by atoms with Gasteiger partial charge < -0.3 is 124 Å². The summed E-state index contributed by atoms with van der Waals surface area (Å²) < 4.78 is 31.7. The molecule has 0 aromatic heterocycles. The van der Waals surface area contributed by atoms with Crippen LogP contribution in [-0.2, 0) is 91.2 Å². The quantitative estimate of drug-likeness (QED) is 0.0145. The molecule has 30 N–H and O–H groups in total. The Balaban J connectivity index is 0.00000654. The summed E-state index contributed by atoms with van der Waals surface area (Å²) in [6.45, 7) is 9.84. The fourth-order valence-corrected chi connectivity index (χ4v) is 11.3. The molecule has 0 radical (unpaired) electrons. The van der Waals surface area contributed by atoms with E-state index in [4.69, 9.17) is 50.0 Å². The third-order valence-corrected chi connectivity index (χ3v) is 17.6. The number of aliphatic carboxylic acids is 2. The molecule has 0 unspecified atom stereocenters. The van der Waals surface area contributed by atoms with Crippen molar-refractivity contribution in [3.63, 3.8) is 0 Å². The normalized spacial score (nSPS) is 14.1. The number of nitrogens with two attached hydrogens (primary N) is 7. The lowest BCUT2D eigenvalue weighted by atomic mass is 9.98. The van der Waals surface area contributed by atoms with Crippen molar-refractivity contribution >= 4 is 101 Å². The minimum atomic E-state index is -5.08. The first-order chi connectivity index (χ1) is 55.8. The topological polar surface area (TPSA) is 688 Å². The monoisotopic (exact) mass is 1680 g/mol. The van der Waals surface area contributed by atoms with Gasteiger partial charge in [-0.25, -0.2) is 9.59 Å². The molecule has 0 saturated heterocycles. The number of carboxylic acids is 2. The molecule has 3 aromatic rings. The summed E-state index contributed by atoms with van der Waals surface area (Å²) in [6, 6.07) is 6.77. The Kier molecular flexibility index (Phi) is 45.9. The molecule has 660 valence electrons. The summed E-state index contributed by atoms with van der Waals surface area (Å²) in [5.41, 5.74) is 41.7. The zero-order valence-corrected chi connectivity index (χ0v) is 67.5. The number of halogens is 3. The third kappa shape index (κ3) is 41.4. The molecule has 0 saturated carbocycles. The smallest absolute Gasteiger partial charge is 0.490 e. The van der Waals surface area contributed by atoms with Crippen LogP contribution >= 0.6 is 0 Å². The van der Waals surface area contributed by atoms with Gasteiger partial charge in [-0.05, 0) is 124 Å². The number of phenolic OH excluding ortho intramolecular Hbond substituents is 1. The van der Waals surface area contributed by atoms with Crippen molar-refractivity contribution in [3.05, 3.63) is 102 Å². The summed E-state index contributed by atoms with van der Waals surface area (Å²) in [6.07, 6.45) is -7.71. The number of aliphatic hydroxyl groups excluding tert-OH is 1. The summed E-state index contributed by atoms with van der Waals surface area (Å²) in [4.78, 5) is 211. The van der Waals surface area contributed by atoms with Gasteiger partial charge in [0.05, 0.1) is 25.2 Å². The number of alkyl halides is 3. The highest BCUT2D eigenvalue weighted by molar-refractivity contribution is 6.00. The molecule has 119 heavy (non-hydrogen) atoms. The van der Waals surface area contributed by atoms with Crippen LogP contribution in [0.1, 0.15) is 129 Å². The second-order valence-corrected chi connectivity index (χ2v) is 29.0. The first kappa shape index (κ1) is 103. The van der Waals surface area contributed by atoms with E-state index in [1.165, 1.54) is 12.1 Å². The van der Waals surface area contributed by atoms with Gasteiger partial charge in [-0.1, -0.05) is 114 Å². The van der Waals surface area contributed by atoms with Crippen molar-refractivity contribution in [2.24, 2.45) is 67.9 Å². The number of rotatable bonds is 51. The molecule has 0 aliphatic carbocycles. The van der Waals surface area contributed by atoms with Gasteiger partial charge in [0, 0.05) is 32.4 Å². The number of benzene rings is 3. The highest BCUT2D eigenvalue weighted by Crippen LogP contribution is 2.17. The van der Waals surface area contributed by atoms with Crippen LogP contribution < -0.4 is 104 Å². The van der Waals surface area contributed by atoms with Crippen molar-refractivity contribution in [1.82, 2.24) is 63.8 Å². The molecular formula is C76H116F3N21O19. The number of guanidine groups is 2. The first-order valence-corrected chi connectivity index (χ1v) is 38.3. The Bertz CT molecular complexity index is 3890. The molecule has 13 amide bonds. The van der Waals surface area contributed by atoms with Gasteiger partial charge in [0.1, 0.15) is 60.1 Å². The summed E-state index contributed by atoms with van der Waals surface area (Å²) in [7, 11) is 0. The van der Waals surface area contributed by atoms with Crippen molar-refractivity contribution in [1.29, 1.82) is 0 Å². The molecule has 40 nitrogen and oxygen atoms in total. The Morgan fingerprint density at radius 2 is 0.782 bits per heavy atom. The molecule has 0 spiro atoms. The molecule has 0 aliphatic rings. The van der Waals surface area contributed by atoms with Gasteiger partial charge in [-0.15, -0.1) is 0 Å². The van der Waals surface area contributed by atoms with E-state index in [9.17, 15) is 95.6 Å². The van der Waals surface area contributed by atoms with Gasteiger partial charge >= 0.3 is 18.1 Å². The lowest BCUT2D eigenvalue weighted by Gasteiger charge is -2.30. The zero-order valence-electron chi connectivity index (χ0n) is 67.5. The van der Waals surface area contributed by atoms with E-state index < -0.39 is 205 Å². The average Bonchev–Trinajstić information content (AvgIpc) is 0.848. The Hall–Kier alpha value is -12.3. The van der Waals surface area contributed by atoms with Crippen molar-refractivity contribution in [2.45, 2.75) is 211 Å². The number of aliphatic hydroxyl groups is 1. The number of hydrogen-bond acceptors (Lipinski definition) is 21. The maximum absolute atomic E-state index is 14.9.